The molecule has 0 saturated carbocycles. The highest BCUT2D eigenvalue weighted by molar-refractivity contribution is 7.91. The van der Waals surface area contributed by atoms with Crippen LogP contribution in [0.2, 0.25) is 0 Å². The molecule has 4 aliphatic rings. The first-order chi connectivity index (χ1) is 39.9. The Morgan fingerprint density at radius 3 is 1.89 bits per heavy atom. The highest BCUT2D eigenvalue weighted by Crippen LogP contribution is 2.32. The number of anilines is 1. The van der Waals surface area contributed by atoms with E-state index in [4.69, 9.17) is 20.3 Å². The van der Waals surface area contributed by atoms with Crippen molar-refractivity contribution in [1.29, 1.82) is 0 Å². The molecule has 0 spiro atoms. The van der Waals surface area contributed by atoms with Crippen molar-refractivity contribution < 1.29 is 70.4 Å². The number of urea groups is 1. The molecule has 83 heavy (non-hydrogen) atoms. The van der Waals surface area contributed by atoms with E-state index < -0.39 is 93.4 Å². The van der Waals surface area contributed by atoms with E-state index in [0.29, 0.717) is 53.0 Å². The molecule has 0 bridgehead atoms. The number of Topliss-reactive ketones (excluding diaryl/α,β-unsaturated/α-hetero) is 2. The van der Waals surface area contributed by atoms with Gasteiger partial charge in [-0.3, -0.25) is 48.4 Å². The molecule has 4 fully saturated rings. The van der Waals surface area contributed by atoms with Crippen LogP contribution in [0, 0.1) is 0 Å². The Bertz CT molecular complexity index is 3450. The zero-order valence-electron chi connectivity index (χ0n) is 44.4. The van der Waals surface area contributed by atoms with E-state index in [1.807, 2.05) is 30.3 Å². The third-order valence-electron chi connectivity index (χ3n) is 13.7. The summed E-state index contributed by atoms with van der Waals surface area (Å²) in [6.45, 7) is 1.83. The van der Waals surface area contributed by atoms with Crippen LogP contribution in [0.1, 0.15) is 63.9 Å². The van der Waals surface area contributed by atoms with Gasteiger partial charge in [0, 0.05) is 44.1 Å². The minimum atomic E-state index is -4.19. The minimum Gasteiger partial charge on any atom is -0.457 e. The summed E-state index contributed by atoms with van der Waals surface area (Å²) in [6.07, 6.45) is 3.91. The molecule has 4 saturated heterocycles. The number of carbonyl (C=O) groups excluding carboxylic acids is 9. The number of thiophene rings is 1. The molecule has 2 unspecified atom stereocenters. The van der Waals surface area contributed by atoms with Gasteiger partial charge in [-0.05, 0) is 99.5 Å². The molecule has 9 rings (SSSR count). The number of hydrogen-bond donors (Lipinski definition) is 5. The number of para-hydroxylation sites is 1. The Morgan fingerprint density at radius 1 is 0.723 bits per heavy atom. The molecular weight excluding hydrogens is 1120 g/mol. The lowest BCUT2D eigenvalue weighted by molar-refractivity contribution is -0.176. The van der Waals surface area contributed by atoms with Gasteiger partial charge in [0.25, 0.3) is 33.4 Å². The fraction of sp³-hybridized carbons (Fsp3) is 0.333. The van der Waals surface area contributed by atoms with Gasteiger partial charge in [-0.1, -0.05) is 53.7 Å². The van der Waals surface area contributed by atoms with Gasteiger partial charge in [0.1, 0.15) is 57.9 Å². The van der Waals surface area contributed by atoms with Crippen LogP contribution in [-0.2, 0) is 54.8 Å². The van der Waals surface area contributed by atoms with Gasteiger partial charge >= 0.3 is 18.5 Å². The number of hydrazine groups is 2. The van der Waals surface area contributed by atoms with Gasteiger partial charge in [0.15, 0.2) is 0 Å². The Hall–Kier alpha value is -9.53. The Balaban J connectivity index is 0.000000217. The number of nitrogens with one attached hydrogen (secondary N) is 5. The molecule has 27 nitrogen and oxygen atoms in total. The lowest BCUT2D eigenvalue weighted by Crippen LogP contribution is -2.64. The van der Waals surface area contributed by atoms with Crippen LogP contribution in [0.15, 0.2) is 118 Å². The summed E-state index contributed by atoms with van der Waals surface area (Å²) in [7, 11) is -4.19. The molecule has 5 N–H and O–H groups in total. The Kier molecular flexibility index (Phi) is 19.6. The third kappa shape index (κ3) is 14.9. The van der Waals surface area contributed by atoms with Gasteiger partial charge in [0.2, 0.25) is 23.6 Å². The number of benzene rings is 3. The van der Waals surface area contributed by atoms with Crippen molar-refractivity contribution in [1.82, 2.24) is 45.9 Å². The summed E-state index contributed by atoms with van der Waals surface area (Å²) >= 11 is 0.936. The smallest absolute Gasteiger partial charge is 0.325 e. The van der Waals surface area contributed by atoms with E-state index >= 15 is 0 Å². The average Bonchev–Trinajstić information content (AvgIpc) is 4.43. The number of rotatable bonds is 18. The highest BCUT2D eigenvalue weighted by atomic mass is 32.2. The average molecular weight is 1170 g/mol. The van der Waals surface area contributed by atoms with Crippen LogP contribution in [0.5, 0.6) is 11.5 Å². The molecule has 2 aromatic heterocycles. The lowest BCUT2D eigenvalue weighted by atomic mass is 10.0. The molecule has 4 aliphatic heterocycles. The van der Waals surface area contributed by atoms with Crippen LogP contribution in [0.3, 0.4) is 0 Å². The molecular formula is C54H56N14O13S2. The van der Waals surface area contributed by atoms with E-state index in [1.54, 1.807) is 66.7 Å². The molecule has 6 heterocycles. The van der Waals surface area contributed by atoms with Gasteiger partial charge in [-0.25, -0.2) is 23.2 Å². The second kappa shape index (κ2) is 27.3. The van der Waals surface area contributed by atoms with Gasteiger partial charge < -0.3 is 41.6 Å². The van der Waals surface area contributed by atoms with Crippen LogP contribution >= 0.6 is 11.3 Å². The second-order valence-electron chi connectivity index (χ2n) is 19.3. The maximum absolute atomic E-state index is 13.8. The number of fused-ring (bicyclic) bond motifs is 2. The summed E-state index contributed by atoms with van der Waals surface area (Å²) in [4.78, 5) is 123. The first-order valence-corrected chi connectivity index (χ1v) is 28.5. The largest absolute Gasteiger partial charge is 0.457 e. The van der Waals surface area contributed by atoms with Gasteiger partial charge in [-0.15, -0.1) is 11.3 Å². The van der Waals surface area contributed by atoms with Crippen molar-refractivity contribution in [2.24, 2.45) is 0 Å². The van der Waals surface area contributed by atoms with Gasteiger partial charge in [-0.2, -0.15) is 14.3 Å². The topological polar surface area (TPSA) is 369 Å². The zero-order valence-corrected chi connectivity index (χ0v) is 46.1. The first-order valence-electron chi connectivity index (χ1n) is 26.2. The summed E-state index contributed by atoms with van der Waals surface area (Å²) in [5.74, 6) is -3.55. The van der Waals surface area contributed by atoms with E-state index in [0.717, 1.165) is 26.9 Å². The van der Waals surface area contributed by atoms with Crippen molar-refractivity contribution in [3.8, 4) is 22.1 Å². The fourth-order valence-electron chi connectivity index (χ4n) is 9.57. The monoisotopic (exact) mass is 1170 g/mol. The SMILES string of the molecule is C[C@H](NC(=O)C1CCCN2C(=O)CCC(NC(=O)Nc3ccc(Oc4ccccc4)cc3)C(=O)N12)C(=O)C=[N+]=[N-].[N-]=[N+]=CC(=O)[C@H](Cc1ccccc1)NC(=O)[C@@H]1CCCN2C(=O)CC[C@H](NS(=O)(=O)c3ccc(-c4ccon4)s3)C(=O)N12. The Labute approximate surface area is 478 Å². The maximum atomic E-state index is 13.8. The van der Waals surface area contributed by atoms with E-state index in [-0.39, 0.29) is 68.2 Å². The third-order valence-corrected chi connectivity index (χ3v) is 16.7. The predicted molar refractivity (Wildman–Crippen MR) is 294 cm³/mol. The Morgan fingerprint density at radius 2 is 1.29 bits per heavy atom. The van der Waals surface area contributed by atoms with Crippen LogP contribution in [0.25, 0.3) is 21.6 Å². The number of hydrogen-bond acceptors (Lipinski definition) is 15. The molecule has 6 atom stereocenters. The number of nitrogens with zero attached hydrogens (tertiary/aromatic N) is 9. The standard InChI is InChI=1S/C27H27N7O7S2.C27H29N7O6/c28-29-16-22(35)20(15-17-5-2-1-3-6-17)30-26(37)21-7-4-13-33-24(36)10-8-19(27(38)34(21)33)32-43(39,40)25-11-9-23(42-25)18-12-14-41-31-18;1-17(23(35)16-29-28)30-25(37)22-8-5-15-33-24(36)14-13-21(26(38)34(22)33)32-27(39)31-18-9-11-20(12-10-18)40-19-6-3-2-4-7-19/h1-3,5-6,9,11-12,14,16,19-21,32H,4,7-8,10,13,15H2,(H,30,37);2-4,6-7,9-12,16-17,21-22H,5,8,13-15H2,1H3,(H,30,37)(H2,31,32,39)/t19-,20-,21-;17-,21?,22?/m00/s1. The fourth-order valence-corrected chi connectivity index (χ4v) is 12.1. The zero-order chi connectivity index (χ0) is 59.2. The van der Waals surface area contributed by atoms with Crippen LogP contribution < -0.4 is 30.7 Å². The molecule has 8 amide bonds. The highest BCUT2D eigenvalue weighted by Gasteiger charge is 2.47. The minimum absolute atomic E-state index is 0.00506. The number of sulfonamides is 1. The van der Waals surface area contributed by atoms with Crippen molar-refractivity contribution in [3.63, 3.8) is 0 Å². The molecule has 3 aromatic carbocycles. The summed E-state index contributed by atoms with van der Waals surface area (Å²) in [5, 5.41) is 18.7. The van der Waals surface area contributed by atoms with E-state index in [1.165, 1.54) is 29.3 Å². The van der Waals surface area contributed by atoms with Crippen molar-refractivity contribution in [2.45, 2.75) is 105 Å². The van der Waals surface area contributed by atoms with E-state index in [9.17, 15) is 51.6 Å². The van der Waals surface area contributed by atoms with Crippen LogP contribution in [-0.4, -0.2) is 158 Å². The number of carbonyl (C=O) groups is 9. The molecule has 5 aromatic rings. The summed E-state index contributed by atoms with van der Waals surface area (Å²) in [6, 6.07) is 21.9. The summed E-state index contributed by atoms with van der Waals surface area (Å²) in [5.41, 5.74) is 19.1. The number of amides is 8. The van der Waals surface area contributed by atoms with Crippen molar-refractivity contribution in [2.75, 3.05) is 18.4 Å². The van der Waals surface area contributed by atoms with Crippen molar-refractivity contribution in [3.05, 3.63) is 126 Å². The number of ether oxygens (including phenoxy) is 1. The predicted octanol–water partition coefficient (Wildman–Crippen LogP) is 3.05. The number of aromatic nitrogens is 1. The summed E-state index contributed by atoms with van der Waals surface area (Å²) < 4.78 is 39.5. The second-order valence-corrected chi connectivity index (χ2v) is 22.4. The lowest BCUT2D eigenvalue weighted by Gasteiger charge is -2.43. The first kappa shape index (κ1) is 59.6. The van der Waals surface area contributed by atoms with Crippen LogP contribution in [0.4, 0.5) is 10.5 Å². The maximum Gasteiger partial charge on any atom is 0.325 e. The molecule has 0 aliphatic carbocycles. The van der Waals surface area contributed by atoms with E-state index in [2.05, 4.69) is 40.7 Å². The molecule has 432 valence electrons. The quantitative estimate of drug-likeness (QED) is 0.0479. The molecule has 0 radical (unpaired) electrons. The van der Waals surface area contributed by atoms with Gasteiger partial charge in [0.05, 0.1) is 10.9 Å². The van der Waals surface area contributed by atoms with Crippen molar-refractivity contribution >= 4 is 92.5 Å². The number of ketones is 2. The molecule has 29 heteroatoms. The normalized spacial score (nSPS) is 19.5.